The van der Waals surface area contributed by atoms with Crippen LogP contribution in [0.1, 0.15) is 12.5 Å². The zero-order valence-corrected chi connectivity index (χ0v) is 10.5. The molecule has 0 saturated heterocycles. The lowest BCUT2D eigenvalue weighted by Gasteiger charge is -2.07. The number of benzene rings is 1. The molecule has 5 heteroatoms. The standard InChI is InChI=1S/C13H15F2NO2/c1-8(13(17)18-3)4-5-16-12-7-10(14)9(2)6-11(12)15/h4,6-7,16H,5H2,1-3H3/b8-4+. The first-order valence-corrected chi connectivity index (χ1v) is 5.40. The number of carbonyl (C=O) groups is 1. The highest BCUT2D eigenvalue weighted by atomic mass is 19.1. The highest BCUT2D eigenvalue weighted by Gasteiger charge is 2.07. The maximum Gasteiger partial charge on any atom is 0.333 e. The Bertz CT molecular complexity index is 484. The summed E-state index contributed by atoms with van der Waals surface area (Å²) in [6.07, 6.45) is 1.54. The number of methoxy groups -OCH3 is 1. The number of rotatable bonds is 4. The maximum atomic E-state index is 13.4. The number of hydrogen-bond donors (Lipinski definition) is 1. The number of ether oxygens (including phenoxy) is 1. The second-order valence-corrected chi connectivity index (χ2v) is 3.84. The fourth-order valence-corrected chi connectivity index (χ4v) is 1.34. The van der Waals surface area contributed by atoms with Crippen LogP contribution in [0.5, 0.6) is 0 Å². The average molecular weight is 255 g/mol. The molecule has 0 aliphatic heterocycles. The molecule has 1 N–H and O–H groups in total. The van der Waals surface area contributed by atoms with Crippen LogP contribution < -0.4 is 5.32 Å². The Labute approximate surface area is 104 Å². The Hall–Kier alpha value is -1.91. The molecule has 0 saturated carbocycles. The second-order valence-electron chi connectivity index (χ2n) is 3.84. The van der Waals surface area contributed by atoms with Gasteiger partial charge in [-0.3, -0.25) is 0 Å². The normalized spacial score (nSPS) is 11.3. The van der Waals surface area contributed by atoms with Crippen LogP contribution in [0.2, 0.25) is 0 Å². The van der Waals surface area contributed by atoms with Crippen molar-refractivity contribution in [3.63, 3.8) is 0 Å². The van der Waals surface area contributed by atoms with Crippen molar-refractivity contribution in [3.8, 4) is 0 Å². The summed E-state index contributed by atoms with van der Waals surface area (Å²) in [7, 11) is 1.28. The summed E-state index contributed by atoms with van der Waals surface area (Å²) < 4.78 is 31.2. The van der Waals surface area contributed by atoms with E-state index >= 15 is 0 Å². The molecule has 0 unspecified atom stereocenters. The van der Waals surface area contributed by atoms with Gasteiger partial charge >= 0.3 is 5.97 Å². The first-order valence-electron chi connectivity index (χ1n) is 5.40. The van der Waals surface area contributed by atoms with Crippen LogP contribution in [0.4, 0.5) is 14.5 Å². The van der Waals surface area contributed by atoms with Gasteiger partial charge < -0.3 is 10.1 Å². The Morgan fingerprint density at radius 3 is 2.67 bits per heavy atom. The SMILES string of the molecule is COC(=O)/C(C)=C/CNc1cc(F)c(C)cc1F. The van der Waals surface area contributed by atoms with Gasteiger partial charge in [0.05, 0.1) is 12.8 Å². The van der Waals surface area contributed by atoms with Gasteiger partial charge in [-0.2, -0.15) is 0 Å². The number of anilines is 1. The van der Waals surface area contributed by atoms with Gasteiger partial charge in [-0.1, -0.05) is 6.08 Å². The van der Waals surface area contributed by atoms with E-state index in [2.05, 4.69) is 10.1 Å². The van der Waals surface area contributed by atoms with Gasteiger partial charge in [0.2, 0.25) is 0 Å². The van der Waals surface area contributed by atoms with E-state index in [0.717, 1.165) is 12.1 Å². The summed E-state index contributed by atoms with van der Waals surface area (Å²) in [5.41, 5.74) is 0.712. The quantitative estimate of drug-likeness (QED) is 0.664. The van der Waals surface area contributed by atoms with Crippen molar-refractivity contribution in [2.24, 2.45) is 0 Å². The second kappa shape index (κ2) is 6.14. The first-order chi connectivity index (χ1) is 8.45. The molecular formula is C13H15F2NO2. The number of hydrogen-bond acceptors (Lipinski definition) is 3. The molecule has 3 nitrogen and oxygen atoms in total. The van der Waals surface area contributed by atoms with Gasteiger partial charge in [0.25, 0.3) is 0 Å². The molecule has 0 aromatic heterocycles. The number of halogens is 2. The van der Waals surface area contributed by atoms with E-state index in [1.807, 2.05) is 0 Å². The third-order valence-corrected chi connectivity index (χ3v) is 2.46. The number of esters is 1. The number of aryl methyl sites for hydroxylation is 1. The molecule has 1 rings (SSSR count). The fraction of sp³-hybridized carbons (Fsp3) is 0.308. The smallest absolute Gasteiger partial charge is 0.333 e. The molecule has 0 radical (unpaired) electrons. The van der Waals surface area contributed by atoms with Crippen LogP contribution in [0.25, 0.3) is 0 Å². The van der Waals surface area contributed by atoms with E-state index in [0.29, 0.717) is 5.57 Å². The van der Waals surface area contributed by atoms with Gasteiger partial charge in [0.15, 0.2) is 0 Å². The third-order valence-electron chi connectivity index (χ3n) is 2.46. The van der Waals surface area contributed by atoms with Crippen molar-refractivity contribution in [2.45, 2.75) is 13.8 Å². The van der Waals surface area contributed by atoms with Crippen LogP contribution in [0.15, 0.2) is 23.8 Å². The molecule has 1 aromatic carbocycles. The molecular weight excluding hydrogens is 240 g/mol. The van der Waals surface area contributed by atoms with E-state index in [-0.39, 0.29) is 17.8 Å². The van der Waals surface area contributed by atoms with Crippen molar-refractivity contribution in [1.82, 2.24) is 0 Å². The van der Waals surface area contributed by atoms with E-state index in [9.17, 15) is 13.6 Å². The van der Waals surface area contributed by atoms with Gasteiger partial charge in [-0.25, -0.2) is 13.6 Å². The van der Waals surface area contributed by atoms with Crippen molar-refractivity contribution in [1.29, 1.82) is 0 Å². The molecule has 0 aliphatic carbocycles. The molecule has 1 aromatic rings. The van der Waals surface area contributed by atoms with Gasteiger partial charge in [-0.15, -0.1) is 0 Å². The van der Waals surface area contributed by atoms with Crippen LogP contribution in [0.3, 0.4) is 0 Å². The maximum absolute atomic E-state index is 13.4. The van der Waals surface area contributed by atoms with E-state index in [1.165, 1.54) is 14.0 Å². The molecule has 0 amide bonds. The third kappa shape index (κ3) is 3.55. The fourth-order valence-electron chi connectivity index (χ4n) is 1.34. The summed E-state index contributed by atoms with van der Waals surface area (Å²) in [5.74, 6) is -1.46. The van der Waals surface area contributed by atoms with Crippen LogP contribution >= 0.6 is 0 Å². The molecule has 0 heterocycles. The summed E-state index contributed by atoms with van der Waals surface area (Å²) in [4.78, 5) is 11.1. The topological polar surface area (TPSA) is 38.3 Å². The van der Waals surface area contributed by atoms with Crippen LogP contribution in [-0.2, 0) is 9.53 Å². The summed E-state index contributed by atoms with van der Waals surface area (Å²) in [6.45, 7) is 3.28. The highest BCUT2D eigenvalue weighted by Crippen LogP contribution is 2.18. The monoisotopic (exact) mass is 255 g/mol. The summed E-state index contributed by atoms with van der Waals surface area (Å²) in [5, 5.41) is 2.69. The predicted octanol–water partition coefficient (Wildman–Crippen LogP) is 2.80. The number of carbonyl (C=O) groups excluding carboxylic acids is 1. The average Bonchev–Trinajstić information content (AvgIpc) is 2.34. The summed E-state index contributed by atoms with van der Waals surface area (Å²) >= 11 is 0. The lowest BCUT2D eigenvalue weighted by molar-refractivity contribution is -0.136. The van der Waals surface area contributed by atoms with Crippen LogP contribution in [0, 0.1) is 18.6 Å². The molecule has 0 bridgehead atoms. The summed E-state index contributed by atoms with van der Waals surface area (Å²) in [6, 6.07) is 2.21. The Morgan fingerprint density at radius 2 is 2.06 bits per heavy atom. The Morgan fingerprint density at radius 1 is 1.39 bits per heavy atom. The molecule has 98 valence electrons. The van der Waals surface area contributed by atoms with Gasteiger partial charge in [-0.05, 0) is 25.5 Å². The van der Waals surface area contributed by atoms with Crippen molar-refractivity contribution in [2.75, 3.05) is 19.0 Å². The molecule has 0 aliphatic rings. The van der Waals surface area contributed by atoms with Gasteiger partial charge in [0, 0.05) is 18.2 Å². The van der Waals surface area contributed by atoms with E-state index < -0.39 is 17.6 Å². The van der Waals surface area contributed by atoms with E-state index in [1.54, 1.807) is 13.0 Å². The molecule has 0 atom stereocenters. The lowest BCUT2D eigenvalue weighted by atomic mass is 10.2. The predicted molar refractivity (Wildman–Crippen MR) is 65.4 cm³/mol. The zero-order chi connectivity index (χ0) is 13.7. The Kier molecular flexibility index (Phi) is 4.83. The van der Waals surface area contributed by atoms with Gasteiger partial charge in [0.1, 0.15) is 11.6 Å². The van der Waals surface area contributed by atoms with Crippen molar-refractivity contribution < 1.29 is 18.3 Å². The van der Waals surface area contributed by atoms with E-state index in [4.69, 9.17) is 0 Å². The minimum atomic E-state index is -0.530. The molecule has 0 fully saturated rings. The first kappa shape index (κ1) is 14.2. The van der Waals surface area contributed by atoms with Crippen LogP contribution in [-0.4, -0.2) is 19.6 Å². The highest BCUT2D eigenvalue weighted by molar-refractivity contribution is 5.87. The molecule has 0 spiro atoms. The Balaban J connectivity index is 2.70. The minimum Gasteiger partial charge on any atom is -0.466 e. The van der Waals surface area contributed by atoms with Crippen molar-refractivity contribution in [3.05, 3.63) is 41.0 Å². The number of nitrogens with one attached hydrogen (secondary N) is 1. The largest absolute Gasteiger partial charge is 0.466 e. The minimum absolute atomic E-state index is 0.0621. The lowest BCUT2D eigenvalue weighted by Crippen LogP contribution is -2.06. The zero-order valence-electron chi connectivity index (χ0n) is 10.5. The molecule has 18 heavy (non-hydrogen) atoms. The van der Waals surface area contributed by atoms with Crippen molar-refractivity contribution >= 4 is 11.7 Å².